The highest BCUT2D eigenvalue weighted by molar-refractivity contribution is 5.97. The zero-order chi connectivity index (χ0) is 15.4. The number of amidine groups is 1. The average Bonchev–Trinajstić information content (AvgIpc) is 2.48. The minimum atomic E-state index is -0.487. The molecule has 2 aromatic carbocycles. The van der Waals surface area contributed by atoms with Crippen LogP contribution in [0.5, 0.6) is 0 Å². The van der Waals surface area contributed by atoms with Gasteiger partial charge in [-0.3, -0.25) is 0 Å². The van der Waals surface area contributed by atoms with E-state index in [0.717, 1.165) is 0 Å². The Balaban J connectivity index is 2.11. The van der Waals surface area contributed by atoms with Crippen LogP contribution in [-0.4, -0.2) is 11.0 Å². The average molecular weight is 291 g/mol. The van der Waals surface area contributed by atoms with Gasteiger partial charge in [0, 0.05) is 23.4 Å². The molecule has 2 aromatic rings. The van der Waals surface area contributed by atoms with Crippen molar-refractivity contribution < 1.29 is 14.0 Å². The molecular weight excluding hydrogens is 276 g/mol. The molecule has 0 spiro atoms. The molecule has 2 rings (SSSR count). The molecule has 0 saturated heterocycles. The van der Waals surface area contributed by atoms with E-state index in [0.29, 0.717) is 22.4 Å². The van der Waals surface area contributed by atoms with Crippen molar-refractivity contribution in [3.8, 4) is 0 Å². The fraction of sp³-hybridized carbons (Fsp3) is 0.133. The smallest absolute Gasteiger partial charge is 0.170 e. The summed E-state index contributed by atoms with van der Waals surface area (Å²) in [5.74, 6) is -0.962. The molecule has 110 valence electrons. The van der Waals surface area contributed by atoms with E-state index < -0.39 is 5.82 Å². The van der Waals surface area contributed by atoms with Crippen molar-refractivity contribution >= 4 is 11.5 Å². The molecule has 0 aliphatic rings. The first-order chi connectivity index (χ1) is 10.0. The third-order valence-electron chi connectivity index (χ3n) is 3.11. The third kappa shape index (κ3) is 3.47. The Hall–Kier alpha value is -2.63. The number of anilines is 1. The molecule has 0 bridgehead atoms. The van der Waals surface area contributed by atoms with Crippen molar-refractivity contribution in [2.75, 3.05) is 5.32 Å². The highest BCUT2D eigenvalue weighted by atomic mass is 19.1. The summed E-state index contributed by atoms with van der Waals surface area (Å²) in [5, 5.41) is 14.3. The summed E-state index contributed by atoms with van der Waals surface area (Å²) in [6.07, 6.45) is 0. The van der Waals surface area contributed by atoms with E-state index in [2.05, 4.69) is 10.5 Å². The Morgan fingerprint density at radius 2 is 1.95 bits per heavy atom. The predicted molar refractivity (Wildman–Crippen MR) is 77.4 cm³/mol. The van der Waals surface area contributed by atoms with Gasteiger partial charge in [-0.05, 0) is 30.7 Å². The van der Waals surface area contributed by atoms with Crippen molar-refractivity contribution in [2.24, 2.45) is 10.9 Å². The minimum Gasteiger partial charge on any atom is -0.409 e. The first-order valence-corrected chi connectivity index (χ1v) is 6.27. The van der Waals surface area contributed by atoms with E-state index >= 15 is 0 Å². The molecule has 0 radical (unpaired) electrons. The number of halogens is 2. The van der Waals surface area contributed by atoms with Gasteiger partial charge in [0.15, 0.2) is 5.84 Å². The van der Waals surface area contributed by atoms with Crippen LogP contribution < -0.4 is 11.1 Å². The summed E-state index contributed by atoms with van der Waals surface area (Å²) in [6.45, 7) is 1.87. The van der Waals surface area contributed by atoms with Crippen molar-refractivity contribution in [1.29, 1.82) is 0 Å². The maximum atomic E-state index is 13.9. The number of aryl methyl sites for hydroxylation is 1. The second-order valence-electron chi connectivity index (χ2n) is 4.61. The molecular formula is C15H15F2N3O. The van der Waals surface area contributed by atoms with Crippen LogP contribution in [0.25, 0.3) is 0 Å². The molecule has 0 unspecified atom stereocenters. The Morgan fingerprint density at radius 1 is 1.19 bits per heavy atom. The lowest BCUT2D eigenvalue weighted by molar-refractivity contribution is 0.318. The highest BCUT2D eigenvalue weighted by Gasteiger charge is 2.07. The maximum Gasteiger partial charge on any atom is 0.170 e. The largest absolute Gasteiger partial charge is 0.409 e. The van der Waals surface area contributed by atoms with Gasteiger partial charge >= 0.3 is 0 Å². The van der Waals surface area contributed by atoms with Gasteiger partial charge in [-0.15, -0.1) is 0 Å². The van der Waals surface area contributed by atoms with E-state index in [1.54, 1.807) is 25.1 Å². The third-order valence-corrected chi connectivity index (χ3v) is 3.11. The Bertz CT molecular complexity index is 687. The summed E-state index contributed by atoms with van der Waals surface area (Å²) in [4.78, 5) is 0. The summed E-state index contributed by atoms with van der Waals surface area (Å²) in [7, 11) is 0. The second-order valence-corrected chi connectivity index (χ2v) is 4.61. The number of hydrogen-bond donors (Lipinski definition) is 3. The zero-order valence-electron chi connectivity index (χ0n) is 11.4. The number of nitrogens with zero attached hydrogens (tertiary/aromatic N) is 1. The van der Waals surface area contributed by atoms with Crippen LogP contribution in [0.1, 0.15) is 16.7 Å². The molecule has 4 nitrogen and oxygen atoms in total. The molecule has 6 heteroatoms. The van der Waals surface area contributed by atoms with Gasteiger partial charge in [-0.25, -0.2) is 8.78 Å². The molecule has 0 heterocycles. The summed E-state index contributed by atoms with van der Waals surface area (Å²) >= 11 is 0. The first-order valence-electron chi connectivity index (χ1n) is 6.27. The lowest BCUT2D eigenvalue weighted by atomic mass is 10.1. The number of rotatable bonds is 4. The van der Waals surface area contributed by atoms with Crippen LogP contribution in [0.15, 0.2) is 41.6 Å². The van der Waals surface area contributed by atoms with E-state index in [-0.39, 0.29) is 18.2 Å². The van der Waals surface area contributed by atoms with E-state index in [9.17, 15) is 8.78 Å². The minimum absolute atomic E-state index is 0.158. The molecule has 0 fully saturated rings. The number of nitrogens with two attached hydrogens (primary N) is 1. The van der Waals surface area contributed by atoms with Gasteiger partial charge in [0.05, 0.1) is 0 Å². The first kappa shape index (κ1) is 14.8. The van der Waals surface area contributed by atoms with Gasteiger partial charge in [-0.2, -0.15) is 0 Å². The number of hydrogen-bond acceptors (Lipinski definition) is 3. The van der Waals surface area contributed by atoms with Crippen molar-refractivity contribution in [3.05, 3.63) is 64.7 Å². The molecule has 4 N–H and O–H groups in total. The van der Waals surface area contributed by atoms with E-state index in [1.807, 2.05) is 0 Å². The van der Waals surface area contributed by atoms with Crippen LogP contribution >= 0.6 is 0 Å². The number of benzene rings is 2. The second kappa shape index (κ2) is 6.21. The summed E-state index contributed by atoms with van der Waals surface area (Å²) in [6, 6.07) is 8.99. The molecule has 0 aliphatic heterocycles. The van der Waals surface area contributed by atoms with Gasteiger partial charge < -0.3 is 16.3 Å². The Morgan fingerprint density at radius 3 is 2.57 bits per heavy atom. The lowest BCUT2D eigenvalue weighted by Crippen LogP contribution is -2.14. The number of oxime groups is 1. The van der Waals surface area contributed by atoms with Crippen LogP contribution in [-0.2, 0) is 6.54 Å². The molecule has 0 atom stereocenters. The summed E-state index contributed by atoms with van der Waals surface area (Å²) in [5.41, 5.74) is 7.19. The van der Waals surface area contributed by atoms with E-state index in [1.165, 1.54) is 18.2 Å². The standard InChI is InChI=1S/C15H15F2N3O/c1-9-2-5-12(7-13(9)16)19-8-11-4-3-10(6-14(11)17)15(18)20-21/h2-7,19,21H,8H2,1H3,(H2,18,20). The van der Waals surface area contributed by atoms with Crippen molar-refractivity contribution in [1.82, 2.24) is 0 Å². The number of nitrogens with one attached hydrogen (secondary N) is 1. The van der Waals surface area contributed by atoms with Gasteiger partial charge in [0.2, 0.25) is 0 Å². The van der Waals surface area contributed by atoms with Crippen LogP contribution in [0.4, 0.5) is 14.5 Å². The van der Waals surface area contributed by atoms with Gasteiger partial charge in [-0.1, -0.05) is 23.4 Å². The van der Waals surface area contributed by atoms with Crippen LogP contribution in [0, 0.1) is 18.6 Å². The topological polar surface area (TPSA) is 70.6 Å². The monoisotopic (exact) mass is 291 g/mol. The highest BCUT2D eigenvalue weighted by Crippen LogP contribution is 2.16. The van der Waals surface area contributed by atoms with Crippen LogP contribution in [0.3, 0.4) is 0 Å². The summed E-state index contributed by atoms with van der Waals surface area (Å²) < 4.78 is 27.3. The lowest BCUT2D eigenvalue weighted by Gasteiger charge is -2.09. The normalized spacial score (nSPS) is 11.5. The Labute approximate surface area is 120 Å². The predicted octanol–water partition coefficient (Wildman–Crippen LogP) is 2.98. The zero-order valence-corrected chi connectivity index (χ0v) is 11.4. The molecule has 21 heavy (non-hydrogen) atoms. The Kier molecular flexibility index (Phi) is 4.37. The maximum absolute atomic E-state index is 13.9. The van der Waals surface area contributed by atoms with Gasteiger partial charge in [0.1, 0.15) is 11.6 Å². The van der Waals surface area contributed by atoms with Crippen molar-refractivity contribution in [3.63, 3.8) is 0 Å². The fourth-order valence-electron chi connectivity index (χ4n) is 1.81. The quantitative estimate of drug-likeness (QED) is 0.351. The molecule has 0 aromatic heterocycles. The molecule has 0 aliphatic carbocycles. The fourth-order valence-corrected chi connectivity index (χ4v) is 1.81. The molecule has 0 amide bonds. The SMILES string of the molecule is Cc1ccc(NCc2ccc(C(N)=NO)cc2F)cc1F. The molecule has 0 saturated carbocycles. The van der Waals surface area contributed by atoms with E-state index in [4.69, 9.17) is 10.9 Å². The van der Waals surface area contributed by atoms with Crippen LogP contribution in [0.2, 0.25) is 0 Å². The van der Waals surface area contributed by atoms with Crippen molar-refractivity contribution in [2.45, 2.75) is 13.5 Å². The van der Waals surface area contributed by atoms with Gasteiger partial charge in [0.25, 0.3) is 0 Å².